The summed E-state index contributed by atoms with van der Waals surface area (Å²) in [4.78, 5) is 1.59. The molecule has 0 aromatic rings. The predicted molar refractivity (Wildman–Crippen MR) is 56.3 cm³/mol. The van der Waals surface area contributed by atoms with Gasteiger partial charge in [-0.3, -0.25) is 0 Å². The van der Waals surface area contributed by atoms with E-state index < -0.39 is 0 Å². The van der Waals surface area contributed by atoms with Gasteiger partial charge in [-0.15, -0.1) is 11.8 Å². The standard InChI is InChI=1S/C11H16S/c1-8-3-4-10-9(2)5-6-12-11(10)7-8/h7,9H,3-6H2,1-2H3. The fourth-order valence-corrected chi connectivity index (χ4v) is 3.45. The lowest BCUT2D eigenvalue weighted by molar-refractivity contribution is 0.613. The molecule has 0 radical (unpaired) electrons. The van der Waals surface area contributed by atoms with Crippen LogP contribution in [0.5, 0.6) is 0 Å². The molecule has 1 aliphatic carbocycles. The zero-order valence-corrected chi connectivity index (χ0v) is 8.71. The van der Waals surface area contributed by atoms with Gasteiger partial charge in [-0.25, -0.2) is 0 Å². The maximum absolute atomic E-state index is 2.40. The van der Waals surface area contributed by atoms with E-state index in [1.807, 2.05) is 0 Å². The van der Waals surface area contributed by atoms with Gasteiger partial charge in [-0.2, -0.15) is 0 Å². The molecule has 0 bridgehead atoms. The highest BCUT2D eigenvalue weighted by Crippen LogP contribution is 2.40. The third-order valence-electron chi connectivity index (χ3n) is 2.89. The van der Waals surface area contributed by atoms with Crippen molar-refractivity contribution in [2.24, 2.45) is 5.92 Å². The second-order valence-electron chi connectivity index (χ2n) is 3.92. The molecule has 2 rings (SSSR count). The molecule has 66 valence electrons. The van der Waals surface area contributed by atoms with E-state index in [4.69, 9.17) is 0 Å². The average molecular weight is 180 g/mol. The molecule has 0 N–H and O–H groups in total. The van der Waals surface area contributed by atoms with Crippen molar-refractivity contribution in [3.05, 3.63) is 22.1 Å². The van der Waals surface area contributed by atoms with E-state index in [9.17, 15) is 0 Å². The van der Waals surface area contributed by atoms with Gasteiger partial charge in [0.25, 0.3) is 0 Å². The Morgan fingerprint density at radius 1 is 1.42 bits per heavy atom. The van der Waals surface area contributed by atoms with Crippen LogP contribution in [0.1, 0.15) is 33.1 Å². The van der Waals surface area contributed by atoms with E-state index in [0.29, 0.717) is 0 Å². The molecule has 0 aromatic carbocycles. The molecule has 0 saturated carbocycles. The molecule has 1 heterocycles. The molecule has 1 atom stereocenters. The second kappa shape index (κ2) is 3.29. The minimum absolute atomic E-state index is 0.852. The lowest BCUT2D eigenvalue weighted by Crippen LogP contribution is -2.11. The summed E-state index contributed by atoms with van der Waals surface area (Å²) in [6.07, 6.45) is 6.41. The van der Waals surface area contributed by atoms with Gasteiger partial charge in [0.2, 0.25) is 0 Å². The molecule has 2 aliphatic rings. The molecule has 0 saturated heterocycles. The van der Waals surface area contributed by atoms with Crippen LogP contribution < -0.4 is 0 Å². The topological polar surface area (TPSA) is 0 Å². The molecule has 0 fully saturated rings. The Balaban J connectivity index is 2.30. The third-order valence-corrected chi connectivity index (χ3v) is 4.02. The molecule has 0 nitrogen and oxygen atoms in total. The lowest BCUT2D eigenvalue weighted by Gasteiger charge is -2.27. The van der Waals surface area contributed by atoms with Crippen LogP contribution in [0.2, 0.25) is 0 Å². The van der Waals surface area contributed by atoms with Gasteiger partial charge >= 0.3 is 0 Å². The van der Waals surface area contributed by atoms with Crippen molar-refractivity contribution in [3.8, 4) is 0 Å². The molecule has 1 aliphatic heterocycles. The van der Waals surface area contributed by atoms with Crippen LogP contribution in [0, 0.1) is 5.92 Å². The Bertz CT molecular complexity index is 248. The van der Waals surface area contributed by atoms with Crippen LogP contribution in [-0.4, -0.2) is 5.75 Å². The Morgan fingerprint density at radius 3 is 3.08 bits per heavy atom. The number of thioether (sulfide) groups is 1. The van der Waals surface area contributed by atoms with E-state index in [1.54, 1.807) is 16.1 Å². The van der Waals surface area contributed by atoms with E-state index in [0.717, 1.165) is 5.92 Å². The summed E-state index contributed by atoms with van der Waals surface area (Å²) in [7, 11) is 0. The first-order valence-electron chi connectivity index (χ1n) is 4.80. The molecule has 1 unspecified atom stereocenters. The van der Waals surface area contributed by atoms with Crippen molar-refractivity contribution in [1.82, 2.24) is 0 Å². The van der Waals surface area contributed by atoms with Gasteiger partial charge < -0.3 is 0 Å². The normalized spacial score (nSPS) is 29.8. The summed E-state index contributed by atoms with van der Waals surface area (Å²) < 4.78 is 0. The fourth-order valence-electron chi connectivity index (χ4n) is 1.99. The van der Waals surface area contributed by atoms with Gasteiger partial charge in [-0.05, 0) is 43.9 Å². The molecule has 12 heavy (non-hydrogen) atoms. The zero-order valence-electron chi connectivity index (χ0n) is 7.89. The molecule has 0 aromatic heterocycles. The predicted octanol–water partition coefficient (Wildman–Crippen LogP) is 3.75. The second-order valence-corrected chi connectivity index (χ2v) is 5.06. The molecule has 0 spiro atoms. The fraction of sp³-hybridized carbons (Fsp3) is 0.636. The Labute approximate surface area is 79.1 Å². The van der Waals surface area contributed by atoms with Crippen molar-refractivity contribution in [1.29, 1.82) is 0 Å². The highest BCUT2D eigenvalue weighted by molar-refractivity contribution is 8.03. The van der Waals surface area contributed by atoms with Crippen molar-refractivity contribution in [2.75, 3.05) is 5.75 Å². The third kappa shape index (κ3) is 1.47. The Kier molecular flexibility index (Phi) is 2.31. The van der Waals surface area contributed by atoms with Crippen LogP contribution >= 0.6 is 11.8 Å². The summed E-state index contributed by atoms with van der Waals surface area (Å²) in [5.41, 5.74) is 3.30. The smallest absolute Gasteiger partial charge is 0.00662 e. The van der Waals surface area contributed by atoms with Gasteiger partial charge in [0, 0.05) is 4.91 Å². The first-order chi connectivity index (χ1) is 5.77. The highest BCUT2D eigenvalue weighted by Gasteiger charge is 2.21. The summed E-state index contributed by atoms with van der Waals surface area (Å²) in [5.74, 6) is 2.18. The number of allylic oxidation sites excluding steroid dienone is 3. The van der Waals surface area contributed by atoms with Gasteiger partial charge in [0.05, 0.1) is 0 Å². The maximum atomic E-state index is 2.40. The number of hydrogen-bond donors (Lipinski definition) is 0. The average Bonchev–Trinajstić information content (AvgIpc) is 2.04. The molecular formula is C11H16S. The van der Waals surface area contributed by atoms with Crippen LogP contribution in [0.25, 0.3) is 0 Å². The van der Waals surface area contributed by atoms with Crippen LogP contribution in [0.4, 0.5) is 0 Å². The molecular weight excluding hydrogens is 164 g/mol. The summed E-state index contributed by atoms with van der Waals surface area (Å²) in [6.45, 7) is 4.63. The minimum Gasteiger partial charge on any atom is -0.126 e. The van der Waals surface area contributed by atoms with Crippen molar-refractivity contribution < 1.29 is 0 Å². The highest BCUT2D eigenvalue weighted by atomic mass is 32.2. The molecule has 0 amide bonds. The van der Waals surface area contributed by atoms with Crippen LogP contribution in [-0.2, 0) is 0 Å². The molecule has 1 heteroatoms. The monoisotopic (exact) mass is 180 g/mol. The van der Waals surface area contributed by atoms with Crippen molar-refractivity contribution in [3.63, 3.8) is 0 Å². The Hall–Kier alpha value is -0.170. The van der Waals surface area contributed by atoms with E-state index in [1.165, 1.54) is 25.0 Å². The number of rotatable bonds is 0. The largest absolute Gasteiger partial charge is 0.126 e. The summed E-state index contributed by atoms with van der Waals surface area (Å²) in [5, 5.41) is 0. The number of hydrogen-bond acceptors (Lipinski definition) is 1. The summed E-state index contributed by atoms with van der Waals surface area (Å²) in [6, 6.07) is 0. The van der Waals surface area contributed by atoms with Crippen molar-refractivity contribution >= 4 is 11.8 Å². The van der Waals surface area contributed by atoms with Gasteiger partial charge in [0.15, 0.2) is 0 Å². The lowest BCUT2D eigenvalue weighted by atomic mass is 9.89. The van der Waals surface area contributed by atoms with E-state index in [2.05, 4.69) is 31.7 Å². The zero-order chi connectivity index (χ0) is 8.55. The van der Waals surface area contributed by atoms with Crippen LogP contribution in [0.3, 0.4) is 0 Å². The maximum Gasteiger partial charge on any atom is 0.00662 e. The first-order valence-corrected chi connectivity index (χ1v) is 5.79. The first kappa shape index (κ1) is 8.43. The van der Waals surface area contributed by atoms with Gasteiger partial charge in [0.1, 0.15) is 0 Å². The Morgan fingerprint density at radius 2 is 2.25 bits per heavy atom. The SMILES string of the molecule is CC1=CC2=C(CC1)C(C)CCS2. The van der Waals surface area contributed by atoms with E-state index >= 15 is 0 Å². The van der Waals surface area contributed by atoms with E-state index in [-0.39, 0.29) is 0 Å². The van der Waals surface area contributed by atoms with Gasteiger partial charge in [-0.1, -0.05) is 18.1 Å². The van der Waals surface area contributed by atoms with Crippen molar-refractivity contribution in [2.45, 2.75) is 33.1 Å². The van der Waals surface area contributed by atoms with Crippen LogP contribution in [0.15, 0.2) is 22.1 Å². The summed E-state index contributed by atoms with van der Waals surface area (Å²) >= 11 is 2.06. The quantitative estimate of drug-likeness (QED) is 0.547. The minimum atomic E-state index is 0.852.